The van der Waals surface area contributed by atoms with Crippen molar-refractivity contribution in [2.75, 3.05) is 0 Å². The van der Waals surface area contributed by atoms with Crippen LogP contribution < -0.4 is 0 Å². The molecule has 0 fully saturated rings. The van der Waals surface area contributed by atoms with Crippen molar-refractivity contribution in [2.45, 2.75) is 65.7 Å². The van der Waals surface area contributed by atoms with Crippen molar-refractivity contribution in [3.63, 3.8) is 0 Å². The van der Waals surface area contributed by atoms with Gasteiger partial charge in [0.15, 0.2) is 0 Å². The second kappa shape index (κ2) is 9.23. The van der Waals surface area contributed by atoms with Crippen molar-refractivity contribution >= 4 is 6.29 Å². The number of carbonyl (C=O) groups is 1. The Morgan fingerprint density at radius 1 is 1.07 bits per heavy atom. The number of rotatable bonds is 9. The van der Waals surface area contributed by atoms with Crippen molar-refractivity contribution in [2.24, 2.45) is 11.8 Å². The molecule has 0 aliphatic carbocycles. The van der Waals surface area contributed by atoms with Crippen LogP contribution in [0.3, 0.4) is 0 Å². The molecule has 0 aromatic heterocycles. The maximum Gasteiger partial charge on any atom is 0.120 e. The highest BCUT2D eigenvalue weighted by Gasteiger charge is 2.11. The summed E-state index contributed by atoms with van der Waals surface area (Å²) in [5.41, 5.74) is 0. The fraction of sp³-hybridized carbons (Fsp3) is 0.923. The van der Waals surface area contributed by atoms with Gasteiger partial charge in [-0.2, -0.15) is 0 Å². The van der Waals surface area contributed by atoms with Gasteiger partial charge >= 0.3 is 0 Å². The molecule has 14 heavy (non-hydrogen) atoms. The minimum atomic E-state index is 0.733. The van der Waals surface area contributed by atoms with E-state index in [9.17, 15) is 4.79 Å². The topological polar surface area (TPSA) is 17.1 Å². The van der Waals surface area contributed by atoms with Crippen molar-refractivity contribution < 1.29 is 4.79 Å². The first kappa shape index (κ1) is 13.7. The molecule has 0 aromatic rings. The van der Waals surface area contributed by atoms with Crippen LogP contribution in [0.15, 0.2) is 0 Å². The van der Waals surface area contributed by atoms with E-state index < -0.39 is 0 Å². The van der Waals surface area contributed by atoms with E-state index in [0.717, 1.165) is 31.0 Å². The van der Waals surface area contributed by atoms with Gasteiger partial charge < -0.3 is 4.79 Å². The Morgan fingerprint density at radius 3 is 2.29 bits per heavy atom. The maximum atomic E-state index is 10.3. The zero-order chi connectivity index (χ0) is 10.8. The van der Waals surface area contributed by atoms with E-state index in [-0.39, 0.29) is 0 Å². The second-order valence-electron chi connectivity index (χ2n) is 4.60. The number of hydrogen-bond donors (Lipinski definition) is 0. The molecule has 1 unspecified atom stereocenters. The van der Waals surface area contributed by atoms with Crippen LogP contribution in [0.25, 0.3) is 0 Å². The van der Waals surface area contributed by atoms with Gasteiger partial charge in [-0.1, -0.05) is 52.9 Å². The first-order chi connectivity index (χ1) is 6.72. The summed E-state index contributed by atoms with van der Waals surface area (Å²) in [5.74, 6) is 1.49. The third kappa shape index (κ3) is 7.11. The Bertz CT molecular complexity index is 129. The van der Waals surface area contributed by atoms with Crippen LogP contribution >= 0.6 is 0 Å². The monoisotopic (exact) mass is 198 g/mol. The van der Waals surface area contributed by atoms with Crippen molar-refractivity contribution in [3.8, 4) is 0 Å². The number of carbonyl (C=O) groups excluding carboxylic acids is 1. The lowest BCUT2D eigenvalue weighted by Crippen LogP contribution is -2.09. The van der Waals surface area contributed by atoms with E-state index in [1.165, 1.54) is 32.1 Å². The lowest BCUT2D eigenvalue weighted by Gasteiger charge is -2.19. The van der Waals surface area contributed by atoms with Crippen LogP contribution in [-0.2, 0) is 4.79 Å². The standard InChI is InChI=1S/C13H26O/c1-4-5-6-7-9-13(12(2)3)10-8-11-14/h11-13H,4-10H2,1-3H3. The molecular weight excluding hydrogens is 172 g/mol. The van der Waals surface area contributed by atoms with Crippen LogP contribution in [0.5, 0.6) is 0 Å². The van der Waals surface area contributed by atoms with Crippen LogP contribution in [0.1, 0.15) is 65.7 Å². The van der Waals surface area contributed by atoms with Gasteiger partial charge in [0.05, 0.1) is 0 Å². The Labute approximate surface area is 89.3 Å². The molecule has 1 atom stereocenters. The summed E-state index contributed by atoms with van der Waals surface area (Å²) in [6.45, 7) is 6.79. The molecule has 0 aliphatic rings. The normalized spacial score (nSPS) is 13.1. The molecule has 84 valence electrons. The Kier molecular flexibility index (Phi) is 9.02. The van der Waals surface area contributed by atoms with Crippen LogP contribution in [0.4, 0.5) is 0 Å². The summed E-state index contributed by atoms with van der Waals surface area (Å²) >= 11 is 0. The summed E-state index contributed by atoms with van der Waals surface area (Å²) in [6, 6.07) is 0. The highest BCUT2D eigenvalue weighted by molar-refractivity contribution is 5.49. The summed E-state index contributed by atoms with van der Waals surface area (Å²) in [6.07, 6.45) is 9.58. The summed E-state index contributed by atoms with van der Waals surface area (Å²) in [7, 11) is 0. The molecule has 1 heteroatoms. The van der Waals surface area contributed by atoms with Crippen LogP contribution in [0, 0.1) is 11.8 Å². The van der Waals surface area contributed by atoms with E-state index in [0.29, 0.717) is 0 Å². The molecule has 0 rings (SSSR count). The van der Waals surface area contributed by atoms with Crippen LogP contribution in [-0.4, -0.2) is 6.29 Å². The quantitative estimate of drug-likeness (QED) is 0.400. The number of hydrogen-bond acceptors (Lipinski definition) is 1. The zero-order valence-electron chi connectivity index (χ0n) is 10.1. The minimum Gasteiger partial charge on any atom is -0.303 e. The predicted octanol–water partition coefficient (Wildman–Crippen LogP) is 4.21. The maximum absolute atomic E-state index is 10.3. The van der Waals surface area contributed by atoms with E-state index in [1.807, 2.05) is 0 Å². The summed E-state index contributed by atoms with van der Waals surface area (Å²) < 4.78 is 0. The van der Waals surface area contributed by atoms with E-state index in [4.69, 9.17) is 0 Å². The predicted molar refractivity (Wildman–Crippen MR) is 62.4 cm³/mol. The highest BCUT2D eigenvalue weighted by atomic mass is 16.1. The van der Waals surface area contributed by atoms with Crippen molar-refractivity contribution in [1.29, 1.82) is 0 Å². The molecule has 0 amide bonds. The average molecular weight is 198 g/mol. The van der Waals surface area contributed by atoms with Crippen LogP contribution in [0.2, 0.25) is 0 Å². The molecule has 0 aliphatic heterocycles. The zero-order valence-corrected chi connectivity index (χ0v) is 10.1. The molecule has 0 radical (unpaired) electrons. The van der Waals surface area contributed by atoms with Gasteiger partial charge in [-0.15, -0.1) is 0 Å². The molecule has 0 saturated carbocycles. The van der Waals surface area contributed by atoms with Gasteiger partial charge in [0.25, 0.3) is 0 Å². The van der Waals surface area contributed by atoms with Gasteiger partial charge in [-0.25, -0.2) is 0 Å². The van der Waals surface area contributed by atoms with Gasteiger partial charge in [0.1, 0.15) is 6.29 Å². The van der Waals surface area contributed by atoms with E-state index >= 15 is 0 Å². The van der Waals surface area contributed by atoms with Gasteiger partial charge in [-0.3, -0.25) is 0 Å². The first-order valence-corrected chi connectivity index (χ1v) is 6.16. The Morgan fingerprint density at radius 2 is 1.79 bits per heavy atom. The Balaban J connectivity index is 3.56. The number of aldehydes is 1. The second-order valence-corrected chi connectivity index (χ2v) is 4.60. The third-order valence-corrected chi connectivity index (χ3v) is 3.03. The molecule has 1 nitrogen and oxygen atoms in total. The molecule has 0 saturated heterocycles. The average Bonchev–Trinajstić information content (AvgIpc) is 2.16. The largest absolute Gasteiger partial charge is 0.303 e. The molecule has 0 aromatic carbocycles. The highest BCUT2D eigenvalue weighted by Crippen LogP contribution is 2.23. The third-order valence-electron chi connectivity index (χ3n) is 3.03. The first-order valence-electron chi connectivity index (χ1n) is 6.16. The molecule has 0 spiro atoms. The lowest BCUT2D eigenvalue weighted by atomic mass is 9.86. The van der Waals surface area contributed by atoms with E-state index in [2.05, 4.69) is 20.8 Å². The summed E-state index contributed by atoms with van der Waals surface area (Å²) in [4.78, 5) is 10.3. The van der Waals surface area contributed by atoms with Crippen molar-refractivity contribution in [1.82, 2.24) is 0 Å². The fourth-order valence-electron chi connectivity index (χ4n) is 1.93. The number of unbranched alkanes of at least 4 members (excludes halogenated alkanes) is 3. The van der Waals surface area contributed by atoms with Crippen molar-refractivity contribution in [3.05, 3.63) is 0 Å². The van der Waals surface area contributed by atoms with Gasteiger partial charge in [-0.05, 0) is 18.3 Å². The lowest BCUT2D eigenvalue weighted by molar-refractivity contribution is -0.108. The SMILES string of the molecule is CCCCCCC(CCC=O)C(C)C. The molecule has 0 heterocycles. The molecule has 0 N–H and O–H groups in total. The molecule has 0 bridgehead atoms. The van der Waals surface area contributed by atoms with Gasteiger partial charge in [0.2, 0.25) is 0 Å². The van der Waals surface area contributed by atoms with E-state index in [1.54, 1.807) is 0 Å². The fourth-order valence-corrected chi connectivity index (χ4v) is 1.93. The molecular formula is C13H26O. The Hall–Kier alpha value is -0.330. The van der Waals surface area contributed by atoms with Gasteiger partial charge in [0, 0.05) is 6.42 Å². The smallest absolute Gasteiger partial charge is 0.120 e. The summed E-state index contributed by atoms with van der Waals surface area (Å²) in [5, 5.41) is 0. The minimum absolute atomic E-state index is 0.733.